The highest BCUT2D eigenvalue weighted by molar-refractivity contribution is 5.79. The Bertz CT molecular complexity index is 661. The van der Waals surface area contributed by atoms with Crippen molar-refractivity contribution in [1.82, 2.24) is 4.98 Å². The lowest BCUT2D eigenvalue weighted by molar-refractivity contribution is -0.121. The molecule has 1 saturated carbocycles. The lowest BCUT2D eigenvalue weighted by Crippen LogP contribution is -2.26. The van der Waals surface area contributed by atoms with Gasteiger partial charge in [-0.25, -0.2) is 4.79 Å². The summed E-state index contributed by atoms with van der Waals surface area (Å²) in [5, 5.41) is 0. The van der Waals surface area contributed by atoms with Crippen LogP contribution in [0.2, 0.25) is 0 Å². The molecule has 5 nitrogen and oxygen atoms in total. The number of carbonyl (C=O) groups excluding carboxylic acids is 1. The summed E-state index contributed by atoms with van der Waals surface area (Å²) in [6.07, 6.45) is 2.93. The number of hydrogen-bond acceptors (Lipinski definition) is 4. The lowest BCUT2D eigenvalue weighted by atomic mass is 9.81. The summed E-state index contributed by atoms with van der Waals surface area (Å²) in [4.78, 5) is 25.0. The molecule has 0 spiro atoms. The van der Waals surface area contributed by atoms with Gasteiger partial charge in [0, 0.05) is 18.9 Å². The average molecular weight is 260 g/mol. The Morgan fingerprint density at radius 1 is 1.26 bits per heavy atom. The first kappa shape index (κ1) is 12.2. The number of nitrogens with one attached hydrogen (secondary N) is 1. The first-order valence-corrected chi connectivity index (χ1v) is 6.53. The van der Waals surface area contributed by atoms with Crippen LogP contribution in [0.25, 0.3) is 11.1 Å². The molecule has 0 bridgehead atoms. The predicted octanol–water partition coefficient (Wildman–Crippen LogP) is 1.88. The van der Waals surface area contributed by atoms with Crippen molar-refractivity contribution in [3.05, 3.63) is 34.3 Å². The molecule has 0 radical (unpaired) electrons. The van der Waals surface area contributed by atoms with Crippen LogP contribution in [0.1, 0.15) is 37.3 Å². The molecule has 0 aliphatic heterocycles. The largest absolute Gasteiger partial charge is 0.417 e. The number of aromatic amines is 1. The lowest BCUT2D eigenvalue weighted by Gasteiger charge is -2.27. The zero-order valence-electron chi connectivity index (χ0n) is 10.5. The second-order valence-electron chi connectivity index (χ2n) is 5.17. The number of carbonyl (C=O) groups is 1. The van der Waals surface area contributed by atoms with Crippen molar-refractivity contribution in [2.75, 3.05) is 0 Å². The summed E-state index contributed by atoms with van der Waals surface area (Å²) >= 11 is 0. The molecule has 1 aliphatic carbocycles. The van der Waals surface area contributed by atoms with Crippen LogP contribution in [0.4, 0.5) is 0 Å². The van der Waals surface area contributed by atoms with Crippen LogP contribution in [0, 0.1) is 5.92 Å². The van der Waals surface area contributed by atoms with E-state index in [1.807, 2.05) is 18.2 Å². The van der Waals surface area contributed by atoms with Crippen LogP contribution in [-0.4, -0.2) is 10.8 Å². The van der Waals surface area contributed by atoms with E-state index in [2.05, 4.69) is 4.98 Å². The van der Waals surface area contributed by atoms with Gasteiger partial charge in [0.15, 0.2) is 5.58 Å². The number of benzene rings is 1. The van der Waals surface area contributed by atoms with Gasteiger partial charge in [-0.15, -0.1) is 0 Å². The standard InChI is InChI=1S/C14H16N2O3/c15-13(8-1-4-10(17)5-2-8)9-3-6-11-12(7-9)19-14(18)16-11/h3,6-8,13H,1-2,4-5,15H2,(H,16,18). The fourth-order valence-corrected chi connectivity index (χ4v) is 2.76. The van der Waals surface area contributed by atoms with Crippen LogP contribution in [0.15, 0.2) is 27.4 Å². The second-order valence-corrected chi connectivity index (χ2v) is 5.17. The molecule has 5 heteroatoms. The molecule has 0 saturated heterocycles. The van der Waals surface area contributed by atoms with E-state index in [0.29, 0.717) is 35.6 Å². The number of oxazole rings is 1. The molecule has 1 fully saturated rings. The molecule has 19 heavy (non-hydrogen) atoms. The van der Waals surface area contributed by atoms with Crippen LogP contribution >= 0.6 is 0 Å². The van der Waals surface area contributed by atoms with Crippen LogP contribution in [0.5, 0.6) is 0 Å². The van der Waals surface area contributed by atoms with Crippen molar-refractivity contribution < 1.29 is 9.21 Å². The van der Waals surface area contributed by atoms with E-state index in [4.69, 9.17) is 10.2 Å². The van der Waals surface area contributed by atoms with Gasteiger partial charge in [0.2, 0.25) is 0 Å². The fourth-order valence-electron chi connectivity index (χ4n) is 2.76. The van der Waals surface area contributed by atoms with Gasteiger partial charge in [-0.2, -0.15) is 0 Å². The minimum absolute atomic E-state index is 0.113. The third-order valence-corrected chi connectivity index (χ3v) is 3.93. The Kier molecular flexibility index (Phi) is 2.98. The van der Waals surface area contributed by atoms with Crippen LogP contribution in [0.3, 0.4) is 0 Å². The van der Waals surface area contributed by atoms with Crippen molar-refractivity contribution in [1.29, 1.82) is 0 Å². The quantitative estimate of drug-likeness (QED) is 0.862. The van der Waals surface area contributed by atoms with E-state index >= 15 is 0 Å². The first-order chi connectivity index (χ1) is 9.13. The number of aromatic nitrogens is 1. The summed E-state index contributed by atoms with van der Waals surface area (Å²) in [6.45, 7) is 0. The summed E-state index contributed by atoms with van der Waals surface area (Å²) in [6, 6.07) is 5.42. The van der Waals surface area contributed by atoms with E-state index in [1.54, 1.807) is 0 Å². The number of rotatable bonds is 2. The van der Waals surface area contributed by atoms with E-state index in [1.165, 1.54) is 0 Å². The third-order valence-electron chi connectivity index (χ3n) is 3.93. The SMILES string of the molecule is NC(c1ccc2[nH]c(=O)oc2c1)C1CCC(=O)CC1. The van der Waals surface area contributed by atoms with Gasteiger partial charge in [-0.3, -0.25) is 9.78 Å². The highest BCUT2D eigenvalue weighted by atomic mass is 16.4. The number of ketones is 1. The Morgan fingerprint density at radius 2 is 2.00 bits per heavy atom. The van der Waals surface area contributed by atoms with Crippen molar-refractivity contribution in [2.45, 2.75) is 31.7 Å². The van der Waals surface area contributed by atoms with E-state index in [0.717, 1.165) is 18.4 Å². The highest BCUT2D eigenvalue weighted by Crippen LogP contribution is 2.32. The predicted molar refractivity (Wildman–Crippen MR) is 70.7 cm³/mol. The molecule has 1 atom stereocenters. The monoisotopic (exact) mass is 260 g/mol. The molecule has 1 aromatic carbocycles. The topological polar surface area (TPSA) is 89.1 Å². The minimum atomic E-state index is -0.455. The van der Waals surface area contributed by atoms with Gasteiger partial charge in [-0.05, 0) is 36.5 Å². The minimum Gasteiger partial charge on any atom is -0.408 e. The van der Waals surface area contributed by atoms with Gasteiger partial charge in [0.25, 0.3) is 0 Å². The molecular weight excluding hydrogens is 244 g/mol. The maximum Gasteiger partial charge on any atom is 0.417 e. The smallest absolute Gasteiger partial charge is 0.408 e. The van der Waals surface area contributed by atoms with Gasteiger partial charge in [-0.1, -0.05) is 6.07 Å². The average Bonchev–Trinajstić information content (AvgIpc) is 2.77. The van der Waals surface area contributed by atoms with Gasteiger partial charge in [0.05, 0.1) is 5.52 Å². The molecule has 3 N–H and O–H groups in total. The fraction of sp³-hybridized carbons (Fsp3) is 0.429. The van der Waals surface area contributed by atoms with E-state index in [-0.39, 0.29) is 6.04 Å². The summed E-state index contributed by atoms with van der Waals surface area (Å²) < 4.78 is 5.04. The number of H-pyrrole nitrogens is 1. The van der Waals surface area contributed by atoms with E-state index in [9.17, 15) is 9.59 Å². The Morgan fingerprint density at radius 3 is 2.74 bits per heavy atom. The molecule has 100 valence electrons. The molecule has 3 rings (SSSR count). The van der Waals surface area contributed by atoms with Crippen molar-refractivity contribution in [3.8, 4) is 0 Å². The molecule has 1 unspecified atom stereocenters. The van der Waals surface area contributed by atoms with Gasteiger partial charge >= 0.3 is 5.76 Å². The Hall–Kier alpha value is -1.88. The Balaban J connectivity index is 1.86. The first-order valence-electron chi connectivity index (χ1n) is 6.53. The molecule has 1 aliphatic rings. The van der Waals surface area contributed by atoms with Crippen LogP contribution in [-0.2, 0) is 4.79 Å². The normalized spacial score (nSPS) is 18.9. The maximum absolute atomic E-state index is 11.3. The number of hydrogen-bond donors (Lipinski definition) is 2. The molecule has 1 aromatic heterocycles. The Labute approximate surface area is 109 Å². The third kappa shape index (κ3) is 2.33. The van der Waals surface area contributed by atoms with E-state index < -0.39 is 5.76 Å². The van der Waals surface area contributed by atoms with Gasteiger partial charge in [0.1, 0.15) is 5.78 Å². The summed E-state index contributed by atoms with van der Waals surface area (Å²) in [5.74, 6) is 0.195. The summed E-state index contributed by atoms with van der Waals surface area (Å²) in [7, 11) is 0. The van der Waals surface area contributed by atoms with Crippen LogP contribution < -0.4 is 11.5 Å². The molecule has 1 heterocycles. The number of fused-ring (bicyclic) bond motifs is 1. The number of Topliss-reactive ketones (excluding diaryl/α,β-unsaturated/α-hetero) is 1. The number of nitrogens with two attached hydrogens (primary N) is 1. The van der Waals surface area contributed by atoms with Crippen molar-refractivity contribution >= 4 is 16.9 Å². The van der Waals surface area contributed by atoms with Crippen molar-refractivity contribution in [3.63, 3.8) is 0 Å². The maximum atomic E-state index is 11.3. The van der Waals surface area contributed by atoms with Gasteiger partial charge < -0.3 is 10.2 Å². The highest BCUT2D eigenvalue weighted by Gasteiger charge is 2.25. The second kappa shape index (κ2) is 4.66. The molecular formula is C14H16N2O3. The van der Waals surface area contributed by atoms with Crippen molar-refractivity contribution in [2.24, 2.45) is 11.7 Å². The zero-order valence-corrected chi connectivity index (χ0v) is 10.5. The zero-order chi connectivity index (χ0) is 13.4. The summed E-state index contributed by atoms with van der Waals surface area (Å²) in [5.41, 5.74) is 8.44. The molecule has 0 amide bonds. The molecule has 2 aromatic rings.